The van der Waals surface area contributed by atoms with Crippen molar-refractivity contribution in [1.82, 2.24) is 0 Å². The molecule has 62 valence electrons. The van der Waals surface area contributed by atoms with Gasteiger partial charge in [-0.1, -0.05) is 11.6 Å². The van der Waals surface area contributed by atoms with Crippen molar-refractivity contribution in [1.29, 1.82) is 0 Å². The molecule has 0 bridgehead atoms. The fourth-order valence-corrected chi connectivity index (χ4v) is 1.32. The number of carbonyl (C=O) groups excluding carboxylic acids is 1. The molecule has 2 heteroatoms. The average Bonchev–Trinajstić information content (AvgIpc) is 2.09. The third-order valence-corrected chi connectivity index (χ3v) is 1.87. The number of allylic oxidation sites excluding steroid dienone is 1. The van der Waals surface area contributed by atoms with Crippen molar-refractivity contribution in [2.45, 2.75) is 33.3 Å². The summed E-state index contributed by atoms with van der Waals surface area (Å²) in [5.41, 5.74) is 1.25. The molecule has 2 atom stereocenters. The van der Waals surface area contributed by atoms with Crippen LogP contribution < -0.4 is 0 Å². The van der Waals surface area contributed by atoms with E-state index in [4.69, 9.17) is 4.74 Å². The molecule has 0 radical (unpaired) electrons. The Morgan fingerprint density at radius 2 is 2.27 bits per heavy atom. The molecule has 1 unspecified atom stereocenters. The molecule has 11 heavy (non-hydrogen) atoms. The molecule has 1 saturated heterocycles. The molecule has 1 fully saturated rings. The molecule has 0 aromatic carbocycles. The highest BCUT2D eigenvalue weighted by atomic mass is 16.5. The van der Waals surface area contributed by atoms with E-state index in [9.17, 15) is 4.79 Å². The molecule has 0 amide bonds. The van der Waals surface area contributed by atoms with Crippen LogP contribution in [0, 0.1) is 5.92 Å². The van der Waals surface area contributed by atoms with Crippen LogP contribution in [-0.2, 0) is 9.53 Å². The highest BCUT2D eigenvalue weighted by Gasteiger charge is 2.29. The minimum absolute atomic E-state index is 0.0670. The van der Waals surface area contributed by atoms with Crippen molar-refractivity contribution in [3.63, 3.8) is 0 Å². The second-order valence-electron chi connectivity index (χ2n) is 3.31. The standard InChI is InChI=1S/C9H14O2/c1-6(2)4-8-5-9(10)11-7(8)3/h4,7-8H,5H2,1-3H3/t7-,8?/m1/s1. The molecule has 0 N–H and O–H groups in total. The average molecular weight is 154 g/mol. The zero-order valence-electron chi connectivity index (χ0n) is 7.26. The number of hydrogen-bond donors (Lipinski definition) is 0. The maximum absolute atomic E-state index is 10.8. The third-order valence-electron chi connectivity index (χ3n) is 1.87. The summed E-state index contributed by atoms with van der Waals surface area (Å²) in [6.45, 7) is 6.01. The van der Waals surface area contributed by atoms with Crippen molar-refractivity contribution >= 4 is 5.97 Å². The fraction of sp³-hybridized carbons (Fsp3) is 0.667. The molecule has 0 aromatic heterocycles. The van der Waals surface area contributed by atoms with Crippen molar-refractivity contribution in [2.24, 2.45) is 5.92 Å². The minimum Gasteiger partial charge on any atom is -0.462 e. The Morgan fingerprint density at radius 1 is 1.64 bits per heavy atom. The number of rotatable bonds is 1. The van der Waals surface area contributed by atoms with Gasteiger partial charge in [0.05, 0.1) is 6.42 Å². The first-order valence-electron chi connectivity index (χ1n) is 3.94. The monoisotopic (exact) mass is 154 g/mol. The molecule has 1 aliphatic rings. The molecule has 0 saturated carbocycles. The normalized spacial score (nSPS) is 29.9. The third kappa shape index (κ3) is 2.07. The van der Waals surface area contributed by atoms with Crippen molar-refractivity contribution < 1.29 is 9.53 Å². The Bertz CT molecular complexity index is 190. The van der Waals surface area contributed by atoms with Gasteiger partial charge in [-0.3, -0.25) is 4.79 Å². The first-order chi connectivity index (χ1) is 5.09. The first-order valence-corrected chi connectivity index (χ1v) is 3.94. The number of hydrogen-bond acceptors (Lipinski definition) is 2. The summed E-state index contributed by atoms with van der Waals surface area (Å²) in [5.74, 6) is 0.229. The summed E-state index contributed by atoms with van der Waals surface area (Å²) >= 11 is 0. The van der Waals surface area contributed by atoms with E-state index in [-0.39, 0.29) is 12.1 Å². The molecule has 1 rings (SSSR count). The van der Waals surface area contributed by atoms with Gasteiger partial charge in [-0.15, -0.1) is 0 Å². The Kier molecular flexibility index (Phi) is 2.32. The first kappa shape index (κ1) is 8.31. The maximum Gasteiger partial charge on any atom is 0.306 e. The van der Waals surface area contributed by atoms with E-state index >= 15 is 0 Å². The van der Waals surface area contributed by atoms with Gasteiger partial charge < -0.3 is 4.74 Å². The second kappa shape index (κ2) is 3.07. The molecule has 0 aliphatic carbocycles. The van der Waals surface area contributed by atoms with Gasteiger partial charge >= 0.3 is 5.97 Å². The zero-order valence-corrected chi connectivity index (χ0v) is 7.26. The Balaban J connectivity index is 2.60. The molecular weight excluding hydrogens is 140 g/mol. The van der Waals surface area contributed by atoms with Crippen LogP contribution in [0.25, 0.3) is 0 Å². The van der Waals surface area contributed by atoms with Gasteiger partial charge in [-0.2, -0.15) is 0 Å². The van der Waals surface area contributed by atoms with Crippen LogP contribution in [0.4, 0.5) is 0 Å². The van der Waals surface area contributed by atoms with Gasteiger partial charge in [0.1, 0.15) is 6.10 Å². The largest absolute Gasteiger partial charge is 0.462 e. The van der Waals surface area contributed by atoms with Crippen molar-refractivity contribution in [3.05, 3.63) is 11.6 Å². The number of esters is 1. The summed E-state index contributed by atoms with van der Waals surface area (Å²) < 4.78 is 4.99. The lowest BCUT2D eigenvalue weighted by atomic mass is 10.0. The van der Waals surface area contributed by atoms with Crippen LogP contribution >= 0.6 is 0 Å². The second-order valence-corrected chi connectivity index (χ2v) is 3.31. The molecule has 1 heterocycles. The zero-order chi connectivity index (χ0) is 8.43. The van der Waals surface area contributed by atoms with E-state index in [1.165, 1.54) is 5.57 Å². The topological polar surface area (TPSA) is 26.3 Å². The van der Waals surface area contributed by atoms with E-state index < -0.39 is 0 Å². The Labute approximate surface area is 67.2 Å². The molecule has 2 nitrogen and oxygen atoms in total. The molecular formula is C9H14O2. The van der Waals surface area contributed by atoms with Crippen LogP contribution in [0.5, 0.6) is 0 Å². The van der Waals surface area contributed by atoms with Crippen molar-refractivity contribution in [3.8, 4) is 0 Å². The Hall–Kier alpha value is -0.790. The highest BCUT2D eigenvalue weighted by Crippen LogP contribution is 2.23. The van der Waals surface area contributed by atoms with Gasteiger partial charge in [-0.05, 0) is 20.8 Å². The SMILES string of the molecule is CC(C)=CC1CC(=O)O[C@@H]1C. The van der Waals surface area contributed by atoms with Gasteiger partial charge in [0.25, 0.3) is 0 Å². The van der Waals surface area contributed by atoms with Gasteiger partial charge in [0.2, 0.25) is 0 Å². The predicted molar refractivity (Wildman–Crippen MR) is 43.1 cm³/mol. The smallest absolute Gasteiger partial charge is 0.306 e. The quantitative estimate of drug-likeness (QED) is 0.426. The van der Waals surface area contributed by atoms with Crippen molar-refractivity contribution in [2.75, 3.05) is 0 Å². The molecule has 0 spiro atoms. The van der Waals surface area contributed by atoms with Gasteiger partial charge in [0, 0.05) is 5.92 Å². The van der Waals surface area contributed by atoms with E-state index in [1.807, 2.05) is 20.8 Å². The van der Waals surface area contributed by atoms with E-state index in [0.29, 0.717) is 12.3 Å². The lowest BCUT2D eigenvalue weighted by Gasteiger charge is -2.07. The fourth-order valence-electron chi connectivity index (χ4n) is 1.32. The number of ether oxygens (including phenoxy) is 1. The minimum atomic E-state index is -0.0694. The summed E-state index contributed by atoms with van der Waals surface area (Å²) in [4.78, 5) is 10.8. The van der Waals surface area contributed by atoms with Gasteiger partial charge in [-0.25, -0.2) is 0 Å². The summed E-state index contributed by atoms with van der Waals surface area (Å²) in [6, 6.07) is 0. The van der Waals surface area contributed by atoms with Crippen LogP contribution in [-0.4, -0.2) is 12.1 Å². The summed E-state index contributed by atoms with van der Waals surface area (Å²) in [7, 11) is 0. The molecule has 1 aliphatic heterocycles. The highest BCUT2D eigenvalue weighted by molar-refractivity contribution is 5.72. The maximum atomic E-state index is 10.8. The van der Waals surface area contributed by atoms with E-state index in [1.54, 1.807) is 0 Å². The number of carbonyl (C=O) groups is 1. The predicted octanol–water partition coefficient (Wildman–Crippen LogP) is 1.90. The van der Waals surface area contributed by atoms with Crippen LogP contribution in [0.15, 0.2) is 11.6 Å². The van der Waals surface area contributed by atoms with Crippen LogP contribution in [0.3, 0.4) is 0 Å². The van der Waals surface area contributed by atoms with E-state index in [0.717, 1.165) is 0 Å². The number of cyclic esters (lactones) is 1. The lowest BCUT2D eigenvalue weighted by Crippen LogP contribution is -2.08. The molecule has 0 aromatic rings. The lowest BCUT2D eigenvalue weighted by molar-refractivity contribution is -0.140. The van der Waals surface area contributed by atoms with Gasteiger partial charge in [0.15, 0.2) is 0 Å². The van der Waals surface area contributed by atoms with Crippen LogP contribution in [0.2, 0.25) is 0 Å². The van der Waals surface area contributed by atoms with Crippen LogP contribution in [0.1, 0.15) is 27.2 Å². The summed E-state index contributed by atoms with van der Waals surface area (Å²) in [6.07, 6.45) is 2.72. The Morgan fingerprint density at radius 3 is 2.64 bits per heavy atom. The van der Waals surface area contributed by atoms with E-state index in [2.05, 4.69) is 6.08 Å². The summed E-state index contributed by atoms with van der Waals surface area (Å²) in [5, 5.41) is 0.